The molecule has 1 unspecified atom stereocenters. The fourth-order valence-corrected chi connectivity index (χ4v) is 2.99. The van der Waals surface area contributed by atoms with E-state index in [9.17, 15) is 13.6 Å². The second-order valence-corrected chi connectivity index (χ2v) is 7.21. The van der Waals surface area contributed by atoms with Crippen molar-refractivity contribution in [1.29, 1.82) is 0 Å². The largest absolute Gasteiger partial charge is 0.493 e. The molecule has 0 saturated carbocycles. The molecule has 1 atom stereocenters. The number of amides is 1. The summed E-state index contributed by atoms with van der Waals surface area (Å²) in [4.78, 5) is 15.2. The van der Waals surface area contributed by atoms with Gasteiger partial charge >= 0.3 is 0 Å². The number of alkyl halides is 2. The first kappa shape index (κ1) is 20.8. The highest BCUT2D eigenvalue weighted by Gasteiger charge is 2.17. The molecule has 2 aromatic rings. The van der Waals surface area contributed by atoms with Crippen LogP contribution in [-0.2, 0) is 4.79 Å². The van der Waals surface area contributed by atoms with Gasteiger partial charge in [0.15, 0.2) is 0 Å². The number of hydrogen-bond acceptors (Lipinski definition) is 3. The molecule has 0 radical (unpaired) electrons. The summed E-state index contributed by atoms with van der Waals surface area (Å²) in [6, 6.07) is 8.11. The summed E-state index contributed by atoms with van der Waals surface area (Å²) in [6.45, 7) is 8.09. The molecule has 27 heavy (non-hydrogen) atoms. The Morgan fingerprint density at radius 3 is 2.48 bits per heavy atom. The van der Waals surface area contributed by atoms with Gasteiger partial charge in [-0.1, -0.05) is 26.8 Å². The lowest BCUT2D eigenvalue weighted by molar-refractivity contribution is -0.114. The van der Waals surface area contributed by atoms with Crippen LogP contribution in [0.2, 0.25) is 0 Å². The van der Waals surface area contributed by atoms with Gasteiger partial charge in [0.25, 0.3) is 6.43 Å². The van der Waals surface area contributed by atoms with Crippen molar-refractivity contribution in [3.8, 4) is 16.9 Å². The number of hydrogen-bond donors (Lipinski definition) is 1. The third-order valence-corrected chi connectivity index (χ3v) is 4.04. The molecule has 0 spiro atoms. The first-order chi connectivity index (χ1) is 12.8. The van der Waals surface area contributed by atoms with E-state index in [1.807, 2.05) is 0 Å². The van der Waals surface area contributed by atoms with Crippen molar-refractivity contribution in [3.63, 3.8) is 0 Å². The topological polar surface area (TPSA) is 51.2 Å². The van der Waals surface area contributed by atoms with Gasteiger partial charge in [-0.05, 0) is 53.6 Å². The summed E-state index contributed by atoms with van der Waals surface area (Å²) in [6.07, 6.45) is -0.136. The summed E-state index contributed by atoms with van der Waals surface area (Å²) >= 11 is 0. The Balaban J connectivity index is 2.23. The van der Waals surface area contributed by atoms with Crippen molar-refractivity contribution in [3.05, 3.63) is 42.1 Å². The lowest BCUT2D eigenvalue weighted by Crippen LogP contribution is -2.12. The van der Waals surface area contributed by atoms with Crippen LogP contribution in [-0.4, -0.2) is 17.5 Å². The summed E-state index contributed by atoms with van der Waals surface area (Å²) in [7, 11) is 0. The molecule has 0 bridgehead atoms. The predicted octanol–water partition coefficient (Wildman–Crippen LogP) is 5.71. The number of carbonyl (C=O) groups excluding carboxylic acids is 1. The molecule has 1 N–H and O–H groups in total. The van der Waals surface area contributed by atoms with Gasteiger partial charge in [-0.15, -0.1) is 0 Å². The Kier molecular flexibility index (Phi) is 7.28. The highest BCUT2D eigenvalue weighted by Crippen LogP contribution is 2.34. The van der Waals surface area contributed by atoms with Crippen molar-refractivity contribution in [1.82, 2.24) is 4.98 Å². The summed E-state index contributed by atoms with van der Waals surface area (Å²) in [5, 5.41) is 2.59. The smallest absolute Gasteiger partial charge is 0.267 e. The molecule has 1 heterocycles. The third-order valence-electron chi connectivity index (χ3n) is 4.04. The Morgan fingerprint density at radius 1 is 1.15 bits per heavy atom. The summed E-state index contributed by atoms with van der Waals surface area (Å²) < 4.78 is 32.8. The van der Waals surface area contributed by atoms with Crippen molar-refractivity contribution in [2.75, 3.05) is 11.9 Å². The molecule has 0 fully saturated rings. The number of aromatic nitrogens is 1. The summed E-state index contributed by atoms with van der Waals surface area (Å²) in [5.41, 5.74) is 1.17. The van der Waals surface area contributed by atoms with Crippen molar-refractivity contribution < 1.29 is 18.3 Å². The quantitative estimate of drug-likeness (QED) is 0.642. The van der Waals surface area contributed by atoms with E-state index in [4.69, 9.17) is 4.74 Å². The van der Waals surface area contributed by atoms with Crippen molar-refractivity contribution in [2.24, 2.45) is 11.8 Å². The molecule has 0 aliphatic heterocycles. The number of halogens is 2. The standard InChI is InChI=1S/C21H26F2N2O2/c1-13(2)9-14(3)12-27-19-6-5-16(10-18(19)21(22)23)17-7-8-24-20(11-17)25-15(4)26/h5-8,10-11,13-14,21H,9,12H2,1-4H3,(H,24,25,26). The van der Waals surface area contributed by atoms with Gasteiger partial charge in [0.05, 0.1) is 12.2 Å². The minimum Gasteiger partial charge on any atom is -0.493 e. The van der Waals surface area contributed by atoms with E-state index in [-0.39, 0.29) is 23.1 Å². The first-order valence-corrected chi connectivity index (χ1v) is 9.05. The molecule has 2 rings (SSSR count). The number of benzene rings is 1. The van der Waals surface area contributed by atoms with Crippen LogP contribution in [0, 0.1) is 11.8 Å². The van der Waals surface area contributed by atoms with Crippen LogP contribution in [0.25, 0.3) is 11.1 Å². The number of nitrogens with zero attached hydrogens (tertiary/aromatic N) is 1. The van der Waals surface area contributed by atoms with Crippen molar-refractivity contribution in [2.45, 2.75) is 40.5 Å². The van der Waals surface area contributed by atoms with Gasteiger partial charge in [0, 0.05) is 13.1 Å². The van der Waals surface area contributed by atoms with E-state index in [0.29, 0.717) is 29.5 Å². The minimum atomic E-state index is -2.64. The van der Waals surface area contributed by atoms with Crippen LogP contribution in [0.3, 0.4) is 0 Å². The van der Waals surface area contributed by atoms with Crippen LogP contribution < -0.4 is 10.1 Å². The third kappa shape index (κ3) is 6.31. The lowest BCUT2D eigenvalue weighted by Gasteiger charge is -2.17. The average Bonchev–Trinajstić information content (AvgIpc) is 2.58. The zero-order chi connectivity index (χ0) is 20.0. The Bertz CT molecular complexity index is 779. The van der Waals surface area contributed by atoms with E-state index in [1.54, 1.807) is 24.3 Å². The van der Waals surface area contributed by atoms with Crippen LogP contribution in [0.15, 0.2) is 36.5 Å². The maximum Gasteiger partial charge on any atom is 0.267 e. The van der Waals surface area contributed by atoms with E-state index in [2.05, 4.69) is 31.1 Å². The molecular weight excluding hydrogens is 350 g/mol. The first-order valence-electron chi connectivity index (χ1n) is 9.05. The molecule has 0 aliphatic rings. The van der Waals surface area contributed by atoms with Gasteiger partial charge in [-0.25, -0.2) is 13.8 Å². The molecule has 146 valence electrons. The van der Waals surface area contributed by atoms with Gasteiger partial charge in [0.1, 0.15) is 11.6 Å². The number of rotatable bonds is 8. The molecule has 1 aromatic carbocycles. The van der Waals surface area contributed by atoms with Crippen LogP contribution in [0.4, 0.5) is 14.6 Å². The van der Waals surface area contributed by atoms with E-state index >= 15 is 0 Å². The van der Waals surface area contributed by atoms with Crippen LogP contribution >= 0.6 is 0 Å². The fraction of sp³-hybridized carbons (Fsp3) is 0.429. The van der Waals surface area contributed by atoms with E-state index < -0.39 is 6.43 Å². The zero-order valence-corrected chi connectivity index (χ0v) is 16.1. The van der Waals surface area contributed by atoms with Gasteiger partial charge in [-0.3, -0.25) is 4.79 Å². The number of nitrogens with one attached hydrogen (secondary N) is 1. The Morgan fingerprint density at radius 2 is 1.85 bits per heavy atom. The van der Waals surface area contributed by atoms with Gasteiger partial charge < -0.3 is 10.1 Å². The minimum absolute atomic E-state index is 0.137. The molecule has 1 aromatic heterocycles. The van der Waals surface area contributed by atoms with Gasteiger partial charge in [-0.2, -0.15) is 0 Å². The highest BCUT2D eigenvalue weighted by atomic mass is 19.3. The van der Waals surface area contributed by atoms with Crippen LogP contribution in [0.1, 0.15) is 46.1 Å². The average molecular weight is 376 g/mol. The molecule has 4 nitrogen and oxygen atoms in total. The second kappa shape index (κ2) is 9.44. The van der Waals surface area contributed by atoms with E-state index in [1.165, 1.54) is 19.2 Å². The number of carbonyl (C=O) groups is 1. The number of ether oxygens (including phenoxy) is 1. The summed E-state index contributed by atoms with van der Waals surface area (Å²) in [5.74, 6) is 1.16. The van der Waals surface area contributed by atoms with Gasteiger partial charge in [0.2, 0.25) is 5.91 Å². The Labute approximate surface area is 159 Å². The highest BCUT2D eigenvalue weighted by molar-refractivity contribution is 5.88. The SMILES string of the molecule is CC(=O)Nc1cc(-c2ccc(OCC(C)CC(C)C)c(C(F)F)c2)ccn1. The molecule has 0 saturated heterocycles. The number of anilines is 1. The molecular formula is C21H26F2N2O2. The predicted molar refractivity (Wildman–Crippen MR) is 103 cm³/mol. The van der Waals surface area contributed by atoms with Crippen LogP contribution in [0.5, 0.6) is 5.75 Å². The normalized spacial score (nSPS) is 12.3. The lowest BCUT2D eigenvalue weighted by atomic mass is 10.00. The maximum absolute atomic E-state index is 13.6. The van der Waals surface area contributed by atoms with Crippen molar-refractivity contribution >= 4 is 11.7 Å². The Hall–Kier alpha value is -2.50. The molecule has 6 heteroatoms. The monoisotopic (exact) mass is 376 g/mol. The molecule has 0 aliphatic carbocycles. The molecule has 1 amide bonds. The second-order valence-electron chi connectivity index (χ2n) is 7.21. The fourth-order valence-electron chi connectivity index (χ4n) is 2.99. The van der Waals surface area contributed by atoms with E-state index in [0.717, 1.165) is 6.42 Å². The number of pyridine rings is 1. The maximum atomic E-state index is 13.6. The zero-order valence-electron chi connectivity index (χ0n) is 16.1.